The molecule has 1 saturated heterocycles. The molecular formula is C10H14F3NO3. The molecule has 98 valence electrons. The minimum Gasteiger partial charge on any atom is -0.467 e. The SMILES string of the molecule is CCC(N1C(=O)CCC1C(=O)OC)C(F)(F)F. The zero-order valence-corrected chi connectivity index (χ0v) is 9.58. The van der Waals surface area contributed by atoms with Gasteiger partial charge >= 0.3 is 12.1 Å². The van der Waals surface area contributed by atoms with Crippen LogP contribution in [0.3, 0.4) is 0 Å². The number of ether oxygens (including phenoxy) is 1. The van der Waals surface area contributed by atoms with E-state index >= 15 is 0 Å². The molecule has 0 radical (unpaired) electrons. The number of hydrogen-bond acceptors (Lipinski definition) is 3. The van der Waals surface area contributed by atoms with E-state index in [4.69, 9.17) is 0 Å². The van der Waals surface area contributed by atoms with Crippen molar-refractivity contribution in [1.29, 1.82) is 0 Å². The summed E-state index contributed by atoms with van der Waals surface area (Å²) in [6, 6.07) is -3.03. The fourth-order valence-electron chi connectivity index (χ4n) is 2.05. The number of halogens is 3. The molecule has 1 fully saturated rings. The molecular weight excluding hydrogens is 239 g/mol. The van der Waals surface area contributed by atoms with Crippen molar-refractivity contribution in [3.8, 4) is 0 Å². The van der Waals surface area contributed by atoms with Crippen LogP contribution in [0.15, 0.2) is 0 Å². The number of methoxy groups -OCH3 is 1. The molecule has 1 aliphatic heterocycles. The fraction of sp³-hybridized carbons (Fsp3) is 0.800. The summed E-state index contributed by atoms with van der Waals surface area (Å²) in [5.74, 6) is -1.44. The van der Waals surface area contributed by atoms with Crippen LogP contribution in [0.4, 0.5) is 13.2 Å². The van der Waals surface area contributed by atoms with E-state index in [0.29, 0.717) is 4.90 Å². The Hall–Kier alpha value is -1.27. The van der Waals surface area contributed by atoms with Crippen LogP contribution < -0.4 is 0 Å². The number of carbonyl (C=O) groups excluding carboxylic acids is 2. The van der Waals surface area contributed by atoms with E-state index in [0.717, 1.165) is 7.11 Å². The number of esters is 1. The molecule has 1 amide bonds. The Morgan fingerprint density at radius 3 is 2.59 bits per heavy atom. The van der Waals surface area contributed by atoms with Crippen LogP contribution in [0.1, 0.15) is 26.2 Å². The summed E-state index contributed by atoms with van der Waals surface area (Å²) in [5, 5.41) is 0. The highest BCUT2D eigenvalue weighted by Crippen LogP contribution is 2.33. The minimum absolute atomic E-state index is 0.0493. The third kappa shape index (κ3) is 2.70. The van der Waals surface area contributed by atoms with Crippen molar-refractivity contribution >= 4 is 11.9 Å². The number of likely N-dealkylation sites (tertiary alicyclic amines) is 1. The molecule has 2 atom stereocenters. The maximum Gasteiger partial charge on any atom is 0.408 e. The highest BCUT2D eigenvalue weighted by molar-refractivity contribution is 5.88. The van der Waals surface area contributed by atoms with Crippen LogP contribution in [-0.2, 0) is 14.3 Å². The molecule has 0 spiro atoms. The Morgan fingerprint density at radius 2 is 2.18 bits per heavy atom. The summed E-state index contributed by atoms with van der Waals surface area (Å²) in [6.45, 7) is 1.33. The molecule has 0 N–H and O–H groups in total. The van der Waals surface area contributed by atoms with Gasteiger partial charge < -0.3 is 9.64 Å². The van der Waals surface area contributed by atoms with Crippen molar-refractivity contribution in [3.63, 3.8) is 0 Å². The van der Waals surface area contributed by atoms with Gasteiger partial charge in [-0.1, -0.05) is 6.92 Å². The van der Waals surface area contributed by atoms with Gasteiger partial charge in [0.05, 0.1) is 7.11 Å². The molecule has 0 aromatic rings. The molecule has 17 heavy (non-hydrogen) atoms. The van der Waals surface area contributed by atoms with Gasteiger partial charge in [-0.3, -0.25) is 4.79 Å². The number of amides is 1. The first kappa shape index (κ1) is 13.8. The average molecular weight is 253 g/mol. The number of carbonyl (C=O) groups is 2. The molecule has 0 saturated carbocycles. The van der Waals surface area contributed by atoms with E-state index in [-0.39, 0.29) is 19.3 Å². The van der Waals surface area contributed by atoms with Crippen molar-refractivity contribution in [2.75, 3.05) is 7.11 Å². The van der Waals surface area contributed by atoms with Crippen molar-refractivity contribution in [2.45, 2.75) is 44.4 Å². The molecule has 4 nitrogen and oxygen atoms in total. The first-order chi connectivity index (χ1) is 7.82. The van der Waals surface area contributed by atoms with Gasteiger partial charge in [-0.15, -0.1) is 0 Å². The van der Waals surface area contributed by atoms with E-state index < -0.39 is 30.1 Å². The Bertz CT molecular complexity index is 316. The van der Waals surface area contributed by atoms with Gasteiger partial charge in [-0.05, 0) is 12.8 Å². The van der Waals surface area contributed by atoms with Crippen LogP contribution in [0.2, 0.25) is 0 Å². The van der Waals surface area contributed by atoms with E-state index in [1.54, 1.807) is 0 Å². The molecule has 0 aliphatic carbocycles. The molecule has 1 rings (SSSR count). The first-order valence-electron chi connectivity index (χ1n) is 5.28. The average Bonchev–Trinajstić information content (AvgIpc) is 2.59. The molecule has 2 unspecified atom stereocenters. The second-order valence-corrected chi connectivity index (χ2v) is 3.84. The Kier molecular flexibility index (Phi) is 4.00. The predicted octanol–water partition coefficient (Wildman–Crippen LogP) is 1.49. The number of nitrogens with zero attached hydrogens (tertiary/aromatic N) is 1. The van der Waals surface area contributed by atoms with Crippen molar-refractivity contribution in [2.24, 2.45) is 0 Å². The Labute approximate surface area is 96.7 Å². The lowest BCUT2D eigenvalue weighted by molar-refractivity contribution is -0.194. The topological polar surface area (TPSA) is 46.6 Å². The van der Waals surface area contributed by atoms with Crippen LogP contribution in [0.25, 0.3) is 0 Å². The van der Waals surface area contributed by atoms with Gasteiger partial charge in [0.1, 0.15) is 12.1 Å². The molecule has 0 aromatic heterocycles. The molecule has 1 aliphatic rings. The normalized spacial score (nSPS) is 22.8. The largest absolute Gasteiger partial charge is 0.467 e. The number of alkyl halides is 3. The van der Waals surface area contributed by atoms with Gasteiger partial charge in [0, 0.05) is 6.42 Å². The van der Waals surface area contributed by atoms with Gasteiger partial charge in [0.15, 0.2) is 0 Å². The van der Waals surface area contributed by atoms with E-state index in [2.05, 4.69) is 4.74 Å². The molecule has 0 aromatic carbocycles. The van der Waals surface area contributed by atoms with E-state index in [1.807, 2.05) is 0 Å². The Morgan fingerprint density at radius 1 is 1.59 bits per heavy atom. The molecule has 7 heteroatoms. The van der Waals surface area contributed by atoms with Crippen LogP contribution in [-0.4, -0.2) is 42.1 Å². The lowest BCUT2D eigenvalue weighted by Gasteiger charge is -2.32. The third-order valence-electron chi connectivity index (χ3n) is 2.83. The van der Waals surface area contributed by atoms with Crippen molar-refractivity contribution in [3.05, 3.63) is 0 Å². The summed E-state index contributed by atoms with van der Waals surface area (Å²) >= 11 is 0. The summed E-state index contributed by atoms with van der Waals surface area (Å²) < 4.78 is 42.6. The zero-order chi connectivity index (χ0) is 13.2. The summed E-state index contributed by atoms with van der Waals surface area (Å²) in [7, 11) is 1.10. The van der Waals surface area contributed by atoms with Crippen LogP contribution >= 0.6 is 0 Å². The quantitative estimate of drug-likeness (QED) is 0.716. The maximum absolute atomic E-state index is 12.7. The van der Waals surface area contributed by atoms with Crippen LogP contribution in [0.5, 0.6) is 0 Å². The zero-order valence-electron chi connectivity index (χ0n) is 9.58. The smallest absolute Gasteiger partial charge is 0.408 e. The number of hydrogen-bond donors (Lipinski definition) is 0. The first-order valence-corrected chi connectivity index (χ1v) is 5.28. The standard InChI is InChI=1S/C10H14F3NO3/c1-3-7(10(11,12)13)14-6(9(16)17-2)4-5-8(14)15/h6-7H,3-5H2,1-2H3. The van der Waals surface area contributed by atoms with Gasteiger partial charge in [-0.25, -0.2) is 4.79 Å². The monoisotopic (exact) mass is 253 g/mol. The second kappa shape index (κ2) is 4.93. The van der Waals surface area contributed by atoms with Crippen molar-refractivity contribution < 1.29 is 27.5 Å². The fourth-order valence-corrected chi connectivity index (χ4v) is 2.05. The second-order valence-electron chi connectivity index (χ2n) is 3.84. The lowest BCUT2D eigenvalue weighted by Crippen LogP contribution is -2.52. The van der Waals surface area contributed by atoms with Gasteiger partial charge in [-0.2, -0.15) is 13.2 Å². The minimum atomic E-state index is -4.53. The lowest BCUT2D eigenvalue weighted by atomic mass is 10.1. The van der Waals surface area contributed by atoms with E-state index in [9.17, 15) is 22.8 Å². The van der Waals surface area contributed by atoms with Crippen molar-refractivity contribution in [1.82, 2.24) is 4.90 Å². The number of rotatable bonds is 3. The summed E-state index contributed by atoms with van der Waals surface area (Å²) in [6.07, 6.45) is -4.77. The highest BCUT2D eigenvalue weighted by Gasteiger charge is 2.50. The van der Waals surface area contributed by atoms with E-state index in [1.165, 1.54) is 6.92 Å². The predicted molar refractivity (Wildman–Crippen MR) is 52.0 cm³/mol. The summed E-state index contributed by atoms with van der Waals surface area (Å²) in [5.41, 5.74) is 0. The summed E-state index contributed by atoms with van der Waals surface area (Å²) in [4.78, 5) is 23.4. The Balaban J connectivity index is 2.98. The molecule has 0 bridgehead atoms. The highest BCUT2D eigenvalue weighted by atomic mass is 19.4. The van der Waals surface area contributed by atoms with Crippen LogP contribution in [0, 0.1) is 0 Å². The van der Waals surface area contributed by atoms with Gasteiger partial charge in [0.2, 0.25) is 5.91 Å². The third-order valence-corrected chi connectivity index (χ3v) is 2.83. The van der Waals surface area contributed by atoms with Gasteiger partial charge in [0.25, 0.3) is 0 Å². The molecule has 1 heterocycles. The maximum atomic E-state index is 12.7.